The monoisotopic (exact) mass is 470 g/mol. The molecule has 8 N–H and O–H groups in total. The number of nitrogens with one attached hydrogen (secondary N) is 6. The van der Waals surface area contributed by atoms with Gasteiger partial charge in [0.2, 0.25) is 0 Å². The van der Waals surface area contributed by atoms with Gasteiger partial charge in [-0.15, -0.1) is 0 Å². The van der Waals surface area contributed by atoms with E-state index in [9.17, 15) is 10.2 Å². The second-order valence-corrected chi connectivity index (χ2v) is 7.62. The van der Waals surface area contributed by atoms with Gasteiger partial charge in [-0.25, -0.2) is 0 Å². The van der Waals surface area contributed by atoms with Gasteiger partial charge in [0, 0.05) is 34.7 Å². The molecule has 0 saturated carbocycles. The van der Waals surface area contributed by atoms with Gasteiger partial charge in [0.15, 0.2) is 0 Å². The lowest BCUT2D eigenvalue weighted by molar-refractivity contribution is 0.250. The number of aromatic hydroxyl groups is 2. The van der Waals surface area contributed by atoms with Crippen molar-refractivity contribution >= 4 is 12.4 Å². The van der Waals surface area contributed by atoms with Crippen molar-refractivity contribution < 1.29 is 10.2 Å². The maximum atomic E-state index is 10.2. The third-order valence-electron chi connectivity index (χ3n) is 5.99. The first-order chi connectivity index (χ1) is 16.3. The number of phenolic OH excluding ortho intramolecular Hbond substituents is 2. The zero-order chi connectivity index (χ0) is 25.2. The second-order valence-electron chi connectivity index (χ2n) is 7.62. The van der Waals surface area contributed by atoms with Crippen LogP contribution in [-0.2, 0) is 11.6 Å². The van der Waals surface area contributed by atoms with Crippen molar-refractivity contribution in [3.8, 4) is 11.5 Å². The van der Waals surface area contributed by atoms with Crippen LogP contribution >= 0.6 is 0 Å². The molecule has 0 bridgehead atoms. The molecule has 2 aromatic carbocycles. The first-order valence-corrected chi connectivity index (χ1v) is 11.1. The van der Waals surface area contributed by atoms with E-state index in [1.807, 2.05) is 66.6 Å². The summed E-state index contributed by atoms with van der Waals surface area (Å²) < 4.78 is 0. The minimum absolute atomic E-state index is 0.150. The summed E-state index contributed by atoms with van der Waals surface area (Å²) in [4.78, 5) is 8.80. The maximum absolute atomic E-state index is 10.2. The van der Waals surface area contributed by atoms with Gasteiger partial charge in [-0.2, -0.15) is 0 Å². The molecule has 0 spiro atoms. The Bertz CT molecular complexity index is 889. The fraction of sp³-hybridized carbons (Fsp3) is 0.417. The first-order valence-electron chi connectivity index (χ1n) is 11.1. The number of aliphatic imine (C=N–C) groups is 2. The third-order valence-corrected chi connectivity index (χ3v) is 5.99. The fourth-order valence-corrected chi connectivity index (χ4v) is 3.84. The van der Waals surface area contributed by atoms with Crippen LogP contribution in [0.2, 0.25) is 0 Å². The van der Waals surface area contributed by atoms with E-state index >= 15 is 0 Å². The molecule has 0 fully saturated rings. The van der Waals surface area contributed by atoms with Gasteiger partial charge >= 0.3 is 0 Å². The van der Waals surface area contributed by atoms with Crippen molar-refractivity contribution in [2.24, 2.45) is 9.98 Å². The van der Waals surface area contributed by atoms with E-state index in [4.69, 9.17) is 0 Å². The van der Waals surface area contributed by atoms with E-state index in [1.54, 1.807) is 24.6 Å². The van der Waals surface area contributed by atoms with Crippen molar-refractivity contribution in [3.05, 3.63) is 58.7 Å². The van der Waals surface area contributed by atoms with Gasteiger partial charge in [0.25, 0.3) is 0 Å². The van der Waals surface area contributed by atoms with Crippen LogP contribution in [-0.4, -0.2) is 78.0 Å². The minimum atomic E-state index is -0.622. The van der Waals surface area contributed by atoms with Gasteiger partial charge in [-0.1, -0.05) is 12.1 Å². The van der Waals surface area contributed by atoms with Crippen LogP contribution in [0.3, 0.4) is 0 Å². The Hall–Kier alpha value is -2.86. The van der Waals surface area contributed by atoms with Crippen LogP contribution in [0.5, 0.6) is 11.5 Å². The summed E-state index contributed by atoms with van der Waals surface area (Å²) in [7, 11) is 11.1. The van der Waals surface area contributed by atoms with Crippen LogP contribution in [0.1, 0.15) is 22.3 Å². The average molecular weight is 471 g/mol. The van der Waals surface area contributed by atoms with Gasteiger partial charge in [-0.05, 0) is 66.6 Å². The number of hydrogen-bond donors (Lipinski definition) is 8. The Morgan fingerprint density at radius 1 is 0.618 bits per heavy atom. The summed E-state index contributed by atoms with van der Waals surface area (Å²) in [5.74, 6) is -0.945. The van der Waals surface area contributed by atoms with Gasteiger partial charge in [-0.3, -0.25) is 41.9 Å². The molecule has 34 heavy (non-hydrogen) atoms. The SMILES string of the molecule is CNC(NC)(NC)c1ccc(O)c(C=NCCN=Cc2cc(C(NC)(NC)NC)ccc2O)c1. The average Bonchev–Trinajstić information content (AvgIpc) is 2.87. The van der Waals surface area contributed by atoms with E-state index in [1.165, 1.54) is 0 Å². The van der Waals surface area contributed by atoms with Crippen LogP contribution in [0, 0.1) is 0 Å². The van der Waals surface area contributed by atoms with Gasteiger partial charge in [0.1, 0.15) is 23.1 Å². The van der Waals surface area contributed by atoms with Gasteiger partial charge in [0.05, 0.1) is 13.1 Å². The summed E-state index contributed by atoms with van der Waals surface area (Å²) in [6, 6.07) is 10.7. The van der Waals surface area contributed by atoms with Crippen molar-refractivity contribution in [1.82, 2.24) is 31.9 Å². The van der Waals surface area contributed by atoms with E-state index < -0.39 is 11.6 Å². The molecule has 0 heterocycles. The zero-order valence-corrected chi connectivity index (χ0v) is 20.8. The molecule has 186 valence electrons. The number of benzene rings is 2. The van der Waals surface area contributed by atoms with Crippen LogP contribution in [0.25, 0.3) is 0 Å². The van der Waals surface area contributed by atoms with Crippen LogP contribution in [0.15, 0.2) is 46.4 Å². The molecule has 0 amide bonds. The molecule has 10 nitrogen and oxygen atoms in total. The molecule has 0 aliphatic carbocycles. The summed E-state index contributed by atoms with van der Waals surface area (Å²) >= 11 is 0. The highest BCUT2D eigenvalue weighted by atomic mass is 16.3. The smallest absolute Gasteiger partial charge is 0.149 e. The summed E-state index contributed by atoms with van der Waals surface area (Å²) in [6.07, 6.45) is 3.28. The number of rotatable bonds is 13. The zero-order valence-electron chi connectivity index (χ0n) is 20.8. The highest BCUT2D eigenvalue weighted by molar-refractivity contribution is 5.84. The predicted octanol–water partition coefficient (Wildman–Crippen LogP) is 0.173. The van der Waals surface area contributed by atoms with E-state index in [-0.39, 0.29) is 11.5 Å². The fourth-order valence-electron chi connectivity index (χ4n) is 3.84. The lowest BCUT2D eigenvalue weighted by Gasteiger charge is -2.33. The molecular weight excluding hydrogens is 432 g/mol. The topological polar surface area (TPSA) is 137 Å². The molecule has 0 radical (unpaired) electrons. The highest BCUT2D eigenvalue weighted by Crippen LogP contribution is 2.23. The summed E-state index contributed by atoms with van der Waals surface area (Å²) in [5.41, 5.74) is 3.04. The number of phenols is 2. The molecule has 0 aliphatic rings. The molecular formula is C24H38N8O2. The van der Waals surface area contributed by atoms with Crippen molar-refractivity contribution in [2.75, 3.05) is 55.4 Å². The molecule has 0 atom stereocenters. The van der Waals surface area contributed by atoms with Crippen molar-refractivity contribution in [1.29, 1.82) is 0 Å². The molecule has 10 heteroatoms. The maximum Gasteiger partial charge on any atom is 0.149 e. The number of hydrogen-bond acceptors (Lipinski definition) is 10. The summed E-state index contributed by atoms with van der Waals surface area (Å²) in [5, 5.41) is 39.7. The van der Waals surface area contributed by atoms with E-state index in [0.29, 0.717) is 24.2 Å². The second kappa shape index (κ2) is 12.6. The Labute approximate surface area is 202 Å². The molecule has 0 saturated heterocycles. The molecule has 0 unspecified atom stereocenters. The van der Waals surface area contributed by atoms with Crippen LogP contribution in [0.4, 0.5) is 0 Å². The third kappa shape index (κ3) is 5.98. The van der Waals surface area contributed by atoms with Crippen LogP contribution < -0.4 is 31.9 Å². The van der Waals surface area contributed by atoms with Crippen molar-refractivity contribution in [3.63, 3.8) is 0 Å². The Kier molecular flexibility index (Phi) is 10.1. The summed E-state index contributed by atoms with van der Waals surface area (Å²) in [6.45, 7) is 0.868. The highest BCUT2D eigenvalue weighted by Gasteiger charge is 2.27. The lowest BCUT2D eigenvalue weighted by Crippen LogP contribution is -2.60. The lowest BCUT2D eigenvalue weighted by atomic mass is 10.0. The standard InChI is InChI=1S/C24H38N8O2/c1-25-23(26-2,27-3)19-7-9-21(33)17(13-19)15-31-11-12-32-16-18-14-20(8-10-22(18)34)24(28-4,29-5)30-6/h7-10,13-16,25-30,33-34H,11-12H2,1-6H3. The minimum Gasteiger partial charge on any atom is -0.507 e. The van der Waals surface area contributed by atoms with E-state index in [0.717, 1.165) is 11.1 Å². The van der Waals surface area contributed by atoms with E-state index in [2.05, 4.69) is 41.9 Å². The van der Waals surface area contributed by atoms with Gasteiger partial charge < -0.3 is 10.2 Å². The molecule has 0 aromatic heterocycles. The molecule has 2 rings (SSSR count). The number of nitrogens with zero attached hydrogens (tertiary/aromatic N) is 2. The first kappa shape index (κ1) is 27.4. The largest absolute Gasteiger partial charge is 0.507 e. The Morgan fingerprint density at radius 3 is 1.24 bits per heavy atom. The normalized spacial score (nSPS) is 12.8. The quantitative estimate of drug-likeness (QED) is 0.118. The molecule has 0 aliphatic heterocycles. The Morgan fingerprint density at radius 2 is 0.941 bits per heavy atom. The predicted molar refractivity (Wildman–Crippen MR) is 139 cm³/mol. The van der Waals surface area contributed by atoms with Crippen molar-refractivity contribution in [2.45, 2.75) is 11.6 Å². The Balaban J connectivity index is 2.09. The molecule has 2 aromatic rings.